The predicted octanol–water partition coefficient (Wildman–Crippen LogP) is 5.43. The topological polar surface area (TPSA) is 71.3 Å². The molecule has 1 atom stereocenters. The Bertz CT molecular complexity index is 1040. The van der Waals surface area contributed by atoms with Gasteiger partial charge in [0, 0.05) is 23.2 Å². The Morgan fingerprint density at radius 3 is 2.86 bits per heavy atom. The minimum absolute atomic E-state index is 0.0918. The lowest BCUT2D eigenvalue weighted by Gasteiger charge is -2.33. The van der Waals surface area contributed by atoms with E-state index in [9.17, 15) is 13.6 Å². The van der Waals surface area contributed by atoms with Crippen LogP contribution in [0, 0.1) is 11.6 Å². The molecule has 0 saturated carbocycles. The zero-order valence-corrected chi connectivity index (χ0v) is 16.0. The Labute approximate surface area is 170 Å². The molecule has 1 N–H and O–H groups in total. The summed E-state index contributed by atoms with van der Waals surface area (Å²) in [4.78, 5) is 18.7. The van der Waals surface area contributed by atoms with Gasteiger partial charge in [0.1, 0.15) is 17.7 Å². The summed E-state index contributed by atoms with van der Waals surface area (Å²) < 4.78 is 32.4. The SMILES string of the molecule is O=C(Nc1ccc(F)cc1F)N1CCCCC1c1nc(-c2cccc(Cl)c2)no1. The summed E-state index contributed by atoms with van der Waals surface area (Å²) in [7, 11) is 0. The zero-order valence-electron chi connectivity index (χ0n) is 15.2. The van der Waals surface area contributed by atoms with Crippen LogP contribution in [-0.4, -0.2) is 27.6 Å². The highest BCUT2D eigenvalue weighted by molar-refractivity contribution is 6.30. The molecule has 6 nitrogen and oxygen atoms in total. The first kappa shape index (κ1) is 19.3. The average molecular weight is 419 g/mol. The van der Waals surface area contributed by atoms with Crippen LogP contribution in [0.15, 0.2) is 47.0 Å². The highest BCUT2D eigenvalue weighted by Gasteiger charge is 2.32. The van der Waals surface area contributed by atoms with Gasteiger partial charge in [-0.3, -0.25) is 0 Å². The normalized spacial score (nSPS) is 16.7. The number of amides is 2. The second-order valence-electron chi connectivity index (χ2n) is 6.73. The van der Waals surface area contributed by atoms with Gasteiger partial charge in [0.2, 0.25) is 11.7 Å². The predicted molar refractivity (Wildman–Crippen MR) is 103 cm³/mol. The van der Waals surface area contributed by atoms with E-state index in [1.807, 2.05) is 6.07 Å². The lowest BCUT2D eigenvalue weighted by molar-refractivity contribution is 0.142. The molecule has 9 heteroatoms. The first-order valence-electron chi connectivity index (χ1n) is 9.13. The fourth-order valence-electron chi connectivity index (χ4n) is 3.32. The Morgan fingerprint density at radius 2 is 2.07 bits per heavy atom. The van der Waals surface area contributed by atoms with Gasteiger partial charge < -0.3 is 14.7 Å². The smallest absolute Gasteiger partial charge is 0.322 e. The maximum absolute atomic E-state index is 13.9. The first-order chi connectivity index (χ1) is 14.0. The van der Waals surface area contributed by atoms with E-state index in [1.54, 1.807) is 18.2 Å². The van der Waals surface area contributed by atoms with E-state index in [0.29, 0.717) is 35.3 Å². The molecule has 1 aliphatic rings. The maximum atomic E-state index is 13.9. The van der Waals surface area contributed by atoms with Gasteiger partial charge in [0.05, 0.1) is 5.69 Å². The summed E-state index contributed by atoms with van der Waals surface area (Å²) in [5, 5.41) is 7.04. The van der Waals surface area contributed by atoms with Gasteiger partial charge >= 0.3 is 6.03 Å². The number of rotatable bonds is 3. The number of halogens is 3. The monoisotopic (exact) mass is 418 g/mol. The summed E-state index contributed by atoms with van der Waals surface area (Å²) in [5.41, 5.74) is 0.610. The number of nitrogens with one attached hydrogen (secondary N) is 1. The molecular weight excluding hydrogens is 402 g/mol. The summed E-state index contributed by atoms with van der Waals surface area (Å²) in [6.45, 7) is 0.453. The molecule has 0 aliphatic carbocycles. The van der Waals surface area contributed by atoms with Crippen molar-refractivity contribution < 1.29 is 18.1 Å². The number of hydrogen-bond donors (Lipinski definition) is 1. The van der Waals surface area contributed by atoms with Crippen LogP contribution in [0.1, 0.15) is 31.2 Å². The van der Waals surface area contributed by atoms with E-state index in [4.69, 9.17) is 16.1 Å². The van der Waals surface area contributed by atoms with Crippen molar-refractivity contribution in [3.8, 4) is 11.4 Å². The van der Waals surface area contributed by atoms with Gasteiger partial charge in [-0.1, -0.05) is 28.9 Å². The Hall–Kier alpha value is -3.00. The first-order valence-corrected chi connectivity index (χ1v) is 9.51. The van der Waals surface area contributed by atoms with Gasteiger partial charge in [-0.25, -0.2) is 13.6 Å². The molecule has 150 valence electrons. The third-order valence-corrected chi connectivity index (χ3v) is 4.98. The molecule has 2 heterocycles. The average Bonchev–Trinajstić information content (AvgIpc) is 3.20. The molecule has 0 bridgehead atoms. The molecule has 2 aromatic carbocycles. The number of aromatic nitrogens is 2. The zero-order chi connectivity index (χ0) is 20.4. The van der Waals surface area contributed by atoms with Crippen LogP contribution in [0.5, 0.6) is 0 Å². The molecular formula is C20H17ClF2N4O2. The number of piperidine rings is 1. The number of benzene rings is 2. The summed E-state index contributed by atoms with van der Waals surface area (Å²) in [5.74, 6) is -0.879. The van der Waals surface area contributed by atoms with E-state index in [-0.39, 0.29) is 5.69 Å². The molecule has 29 heavy (non-hydrogen) atoms. The van der Waals surface area contributed by atoms with Crippen molar-refractivity contribution in [3.63, 3.8) is 0 Å². The number of hydrogen-bond acceptors (Lipinski definition) is 4. The number of carbonyl (C=O) groups excluding carboxylic acids is 1. The fourth-order valence-corrected chi connectivity index (χ4v) is 3.51. The van der Waals surface area contributed by atoms with Crippen molar-refractivity contribution in [2.24, 2.45) is 0 Å². The summed E-state index contributed by atoms with van der Waals surface area (Å²) in [6.07, 6.45) is 2.32. The van der Waals surface area contributed by atoms with E-state index >= 15 is 0 Å². The van der Waals surface area contributed by atoms with E-state index < -0.39 is 23.7 Å². The summed E-state index contributed by atoms with van der Waals surface area (Å²) in [6, 6.07) is 9.10. The molecule has 1 aliphatic heterocycles. The lowest BCUT2D eigenvalue weighted by atomic mass is 10.0. The van der Waals surface area contributed by atoms with Crippen molar-refractivity contribution in [1.82, 2.24) is 15.0 Å². The van der Waals surface area contributed by atoms with Crippen molar-refractivity contribution in [1.29, 1.82) is 0 Å². The molecule has 1 fully saturated rings. The molecule has 0 spiro atoms. The largest absolute Gasteiger partial charge is 0.337 e. The number of nitrogens with zero attached hydrogens (tertiary/aromatic N) is 3. The third-order valence-electron chi connectivity index (χ3n) is 4.75. The van der Waals surface area contributed by atoms with Crippen LogP contribution in [-0.2, 0) is 0 Å². The van der Waals surface area contributed by atoms with Gasteiger partial charge in [-0.15, -0.1) is 0 Å². The third kappa shape index (κ3) is 4.22. The number of anilines is 1. The molecule has 2 amide bonds. The fraction of sp³-hybridized carbons (Fsp3) is 0.250. The van der Waals surface area contributed by atoms with Gasteiger partial charge in [0.25, 0.3) is 0 Å². The van der Waals surface area contributed by atoms with Gasteiger partial charge in [0.15, 0.2) is 0 Å². The Morgan fingerprint density at radius 1 is 1.21 bits per heavy atom. The second kappa shape index (κ2) is 8.16. The quantitative estimate of drug-likeness (QED) is 0.615. The summed E-state index contributed by atoms with van der Waals surface area (Å²) >= 11 is 6.01. The second-order valence-corrected chi connectivity index (χ2v) is 7.16. The highest BCUT2D eigenvalue weighted by atomic mass is 35.5. The Kier molecular flexibility index (Phi) is 5.44. The standard InChI is InChI=1S/C20H17ClF2N4O2/c21-13-5-3-4-12(10-13)18-25-19(29-26-18)17-6-1-2-9-27(17)20(28)24-16-8-7-14(22)11-15(16)23/h3-5,7-8,10-11,17H,1-2,6,9H2,(H,24,28). The van der Waals surface area contributed by atoms with Crippen molar-refractivity contribution >= 4 is 23.3 Å². The molecule has 0 radical (unpaired) electrons. The van der Waals surface area contributed by atoms with E-state index in [1.165, 1.54) is 11.0 Å². The van der Waals surface area contributed by atoms with Crippen LogP contribution in [0.4, 0.5) is 19.3 Å². The van der Waals surface area contributed by atoms with Crippen LogP contribution >= 0.6 is 11.6 Å². The Balaban J connectivity index is 1.55. The van der Waals surface area contributed by atoms with E-state index in [0.717, 1.165) is 25.0 Å². The van der Waals surface area contributed by atoms with Crippen LogP contribution in [0.25, 0.3) is 11.4 Å². The van der Waals surface area contributed by atoms with Crippen molar-refractivity contribution in [2.75, 3.05) is 11.9 Å². The number of urea groups is 1. The molecule has 3 aromatic rings. The van der Waals surface area contributed by atoms with Gasteiger partial charge in [-0.2, -0.15) is 4.98 Å². The van der Waals surface area contributed by atoms with Crippen molar-refractivity contribution in [3.05, 3.63) is 65.0 Å². The minimum atomic E-state index is -0.840. The van der Waals surface area contributed by atoms with Crippen LogP contribution in [0.2, 0.25) is 5.02 Å². The number of carbonyl (C=O) groups is 1. The minimum Gasteiger partial charge on any atom is -0.337 e. The maximum Gasteiger partial charge on any atom is 0.322 e. The van der Waals surface area contributed by atoms with E-state index in [2.05, 4.69) is 15.5 Å². The van der Waals surface area contributed by atoms with Crippen molar-refractivity contribution in [2.45, 2.75) is 25.3 Å². The molecule has 1 unspecified atom stereocenters. The highest BCUT2D eigenvalue weighted by Crippen LogP contribution is 2.32. The van der Waals surface area contributed by atoms with Gasteiger partial charge in [-0.05, 0) is 43.5 Å². The molecule has 1 saturated heterocycles. The number of likely N-dealkylation sites (tertiary alicyclic amines) is 1. The van der Waals surface area contributed by atoms with Crippen LogP contribution < -0.4 is 5.32 Å². The lowest BCUT2D eigenvalue weighted by Crippen LogP contribution is -2.41. The van der Waals surface area contributed by atoms with Crippen LogP contribution in [0.3, 0.4) is 0 Å². The molecule has 4 rings (SSSR count). The molecule has 1 aromatic heterocycles.